The van der Waals surface area contributed by atoms with Crippen molar-refractivity contribution in [2.75, 3.05) is 49.2 Å². The van der Waals surface area contributed by atoms with Gasteiger partial charge in [-0.15, -0.1) is 0 Å². The standard InChI is InChI=1S/C35H36F2N8O5/c1-24(25(2)46)45-34(47)44(23-40-45)29-6-4-27(5-7-29)41-13-15-42(16-14-41)28-8-10-30(11-9-28)48-18-31-19-49-35(50-31,20-43-22-38-21-39-43)32-12-3-26(36)17-33(32)37/h3-12,17,21-24,31H,13-16,18-20H2,1-2H3. The summed E-state index contributed by atoms with van der Waals surface area (Å²) in [5.41, 5.74) is 2.52. The topological polar surface area (TPSA) is 122 Å². The highest BCUT2D eigenvalue weighted by Crippen LogP contribution is 2.38. The highest BCUT2D eigenvalue weighted by molar-refractivity contribution is 5.79. The van der Waals surface area contributed by atoms with Gasteiger partial charge in [-0.05, 0) is 74.5 Å². The van der Waals surface area contributed by atoms with E-state index in [2.05, 4.69) is 25.0 Å². The second kappa shape index (κ2) is 13.8. The molecule has 2 aliphatic rings. The maximum atomic E-state index is 14.9. The zero-order chi connectivity index (χ0) is 34.8. The molecular weight excluding hydrogens is 650 g/mol. The predicted molar refractivity (Wildman–Crippen MR) is 178 cm³/mol. The van der Waals surface area contributed by atoms with Gasteiger partial charge in [-0.25, -0.2) is 32.5 Å². The lowest BCUT2D eigenvalue weighted by molar-refractivity contribution is -0.192. The number of piperazine rings is 1. The second-order valence-corrected chi connectivity index (χ2v) is 12.3. The van der Waals surface area contributed by atoms with Gasteiger partial charge in [-0.1, -0.05) is 0 Å². The molecule has 7 rings (SSSR count). The number of Topliss-reactive ketones (excluding diaryl/α,β-unsaturated/α-hetero) is 1. The minimum absolute atomic E-state index is 0.0235. The summed E-state index contributed by atoms with van der Waals surface area (Å²) in [4.78, 5) is 33.0. The Hall–Kier alpha value is -5.41. The van der Waals surface area contributed by atoms with E-state index < -0.39 is 29.6 Å². The number of rotatable bonds is 11. The third-order valence-corrected chi connectivity index (χ3v) is 9.10. The van der Waals surface area contributed by atoms with E-state index in [1.807, 2.05) is 48.5 Å². The highest BCUT2D eigenvalue weighted by atomic mass is 19.1. The molecule has 4 heterocycles. The van der Waals surface area contributed by atoms with E-state index in [-0.39, 0.29) is 36.8 Å². The van der Waals surface area contributed by atoms with Gasteiger partial charge < -0.3 is 24.0 Å². The summed E-state index contributed by atoms with van der Waals surface area (Å²) in [5, 5.41) is 8.21. The SMILES string of the molecule is CC(=O)C(C)n1ncn(-c2ccc(N3CCN(c4ccc(OCC5COC(Cn6cncn6)(c6ccc(F)cc6F)O5)cc4)CC3)cc2)c1=O. The van der Waals surface area contributed by atoms with Crippen LogP contribution >= 0.6 is 0 Å². The molecule has 0 N–H and O–H groups in total. The molecule has 2 fully saturated rings. The molecule has 3 atom stereocenters. The van der Waals surface area contributed by atoms with E-state index >= 15 is 0 Å². The van der Waals surface area contributed by atoms with Gasteiger partial charge in [-0.2, -0.15) is 10.2 Å². The van der Waals surface area contributed by atoms with E-state index in [0.717, 1.165) is 43.6 Å². The maximum Gasteiger partial charge on any atom is 0.351 e. The third-order valence-electron chi connectivity index (χ3n) is 9.10. The van der Waals surface area contributed by atoms with Crippen LogP contribution < -0.4 is 20.2 Å². The van der Waals surface area contributed by atoms with Gasteiger partial charge in [0, 0.05) is 49.2 Å². The highest BCUT2D eigenvalue weighted by Gasteiger charge is 2.46. The number of anilines is 2. The van der Waals surface area contributed by atoms with Gasteiger partial charge in [-0.3, -0.25) is 4.79 Å². The average molecular weight is 687 g/mol. The molecule has 0 aliphatic carbocycles. The fraction of sp³-hybridized carbons (Fsp3) is 0.343. The van der Waals surface area contributed by atoms with Crippen LogP contribution in [0.5, 0.6) is 5.75 Å². The quantitative estimate of drug-likeness (QED) is 0.203. The molecular formula is C35H36F2N8O5. The van der Waals surface area contributed by atoms with Crippen molar-refractivity contribution in [1.29, 1.82) is 0 Å². The smallest absolute Gasteiger partial charge is 0.351 e. The summed E-state index contributed by atoms with van der Waals surface area (Å²) in [6.07, 6.45) is 3.75. The molecule has 0 saturated carbocycles. The van der Waals surface area contributed by atoms with E-state index in [4.69, 9.17) is 14.2 Å². The van der Waals surface area contributed by atoms with Crippen molar-refractivity contribution in [2.45, 2.75) is 38.3 Å². The predicted octanol–water partition coefficient (Wildman–Crippen LogP) is 3.73. The fourth-order valence-corrected chi connectivity index (χ4v) is 6.20. The minimum Gasteiger partial charge on any atom is -0.491 e. The molecule has 15 heteroatoms. The summed E-state index contributed by atoms with van der Waals surface area (Å²) < 4.78 is 50.9. The molecule has 5 aromatic rings. The number of aromatic nitrogens is 6. The van der Waals surface area contributed by atoms with Gasteiger partial charge in [0.25, 0.3) is 0 Å². The van der Waals surface area contributed by atoms with Crippen LogP contribution in [-0.4, -0.2) is 80.4 Å². The van der Waals surface area contributed by atoms with Crippen molar-refractivity contribution in [3.8, 4) is 11.4 Å². The molecule has 0 spiro atoms. The van der Waals surface area contributed by atoms with Crippen LogP contribution in [0.4, 0.5) is 20.2 Å². The average Bonchev–Trinajstić information content (AvgIpc) is 3.88. The Morgan fingerprint density at radius 2 is 1.60 bits per heavy atom. The Kier molecular flexibility index (Phi) is 9.16. The summed E-state index contributed by atoms with van der Waals surface area (Å²) in [6, 6.07) is 18.2. The number of hydrogen-bond acceptors (Lipinski definition) is 10. The Bertz CT molecular complexity index is 1990. The van der Waals surface area contributed by atoms with Crippen LogP contribution in [0, 0.1) is 11.6 Å². The number of ether oxygens (including phenoxy) is 3. The normalized spacial score (nSPS) is 19.9. The fourth-order valence-electron chi connectivity index (χ4n) is 6.20. The molecule has 3 aromatic carbocycles. The lowest BCUT2D eigenvalue weighted by Gasteiger charge is -2.37. The number of halogens is 2. The van der Waals surface area contributed by atoms with Crippen molar-refractivity contribution in [2.24, 2.45) is 0 Å². The van der Waals surface area contributed by atoms with Gasteiger partial charge in [0.2, 0.25) is 5.79 Å². The Labute approximate surface area is 286 Å². The molecule has 0 amide bonds. The van der Waals surface area contributed by atoms with Gasteiger partial charge in [0.15, 0.2) is 5.78 Å². The van der Waals surface area contributed by atoms with Crippen molar-refractivity contribution in [3.05, 3.63) is 113 Å². The lowest BCUT2D eigenvalue weighted by atomic mass is 10.0. The zero-order valence-corrected chi connectivity index (χ0v) is 27.6. The van der Waals surface area contributed by atoms with Crippen molar-refractivity contribution in [3.63, 3.8) is 0 Å². The second-order valence-electron chi connectivity index (χ2n) is 12.3. The third kappa shape index (κ3) is 6.73. The largest absolute Gasteiger partial charge is 0.491 e. The summed E-state index contributed by atoms with van der Waals surface area (Å²) in [6.45, 7) is 6.69. The molecule has 50 heavy (non-hydrogen) atoms. The first-order chi connectivity index (χ1) is 24.2. The first kappa shape index (κ1) is 33.1. The summed E-state index contributed by atoms with van der Waals surface area (Å²) >= 11 is 0. The molecule has 2 aliphatic heterocycles. The molecule has 0 bridgehead atoms. The number of hydrogen-bond donors (Lipinski definition) is 0. The summed E-state index contributed by atoms with van der Waals surface area (Å²) in [7, 11) is 0. The van der Waals surface area contributed by atoms with E-state index in [1.165, 1.54) is 52.0 Å². The number of nitrogens with zero attached hydrogens (tertiary/aromatic N) is 8. The van der Waals surface area contributed by atoms with Crippen molar-refractivity contribution in [1.82, 2.24) is 29.1 Å². The molecule has 2 saturated heterocycles. The van der Waals surface area contributed by atoms with E-state index in [9.17, 15) is 18.4 Å². The Balaban J connectivity index is 0.925. The zero-order valence-electron chi connectivity index (χ0n) is 27.6. The van der Waals surface area contributed by atoms with Crippen molar-refractivity contribution < 1.29 is 27.8 Å². The summed E-state index contributed by atoms with van der Waals surface area (Å²) in [5.74, 6) is -2.47. The van der Waals surface area contributed by atoms with Gasteiger partial charge >= 0.3 is 5.69 Å². The minimum atomic E-state index is -1.52. The number of ketones is 1. The Morgan fingerprint density at radius 1 is 0.940 bits per heavy atom. The van der Waals surface area contributed by atoms with Crippen LogP contribution in [0.25, 0.3) is 5.69 Å². The van der Waals surface area contributed by atoms with E-state index in [0.29, 0.717) is 11.4 Å². The molecule has 0 radical (unpaired) electrons. The van der Waals surface area contributed by atoms with Crippen LogP contribution in [0.2, 0.25) is 0 Å². The molecule has 260 valence electrons. The first-order valence-electron chi connectivity index (χ1n) is 16.3. The van der Waals surface area contributed by atoms with Crippen LogP contribution in [0.1, 0.15) is 25.5 Å². The number of benzene rings is 3. The number of carbonyl (C=O) groups is 1. The van der Waals surface area contributed by atoms with E-state index in [1.54, 1.807) is 6.92 Å². The monoisotopic (exact) mass is 686 g/mol. The Morgan fingerprint density at radius 3 is 2.22 bits per heavy atom. The molecule has 2 aromatic heterocycles. The first-order valence-corrected chi connectivity index (χ1v) is 16.3. The van der Waals surface area contributed by atoms with Gasteiger partial charge in [0.05, 0.1) is 12.3 Å². The maximum absolute atomic E-state index is 14.9. The van der Waals surface area contributed by atoms with Crippen LogP contribution in [-0.2, 0) is 26.6 Å². The molecule has 13 nitrogen and oxygen atoms in total. The van der Waals surface area contributed by atoms with Crippen LogP contribution in [0.15, 0.2) is 90.5 Å². The number of carbonyl (C=O) groups excluding carboxylic acids is 1. The van der Waals surface area contributed by atoms with Gasteiger partial charge in [0.1, 0.15) is 61.7 Å². The van der Waals surface area contributed by atoms with Crippen LogP contribution in [0.3, 0.4) is 0 Å². The molecule has 3 unspecified atom stereocenters. The van der Waals surface area contributed by atoms with Crippen molar-refractivity contribution >= 4 is 17.2 Å². The lowest BCUT2D eigenvalue weighted by Crippen LogP contribution is -2.46.